The number of nitrogens with zero attached hydrogens (tertiary/aromatic N) is 3. The summed E-state index contributed by atoms with van der Waals surface area (Å²) >= 11 is 0. The first kappa shape index (κ1) is 16.9. The Morgan fingerprint density at radius 1 is 1.07 bits per heavy atom. The van der Waals surface area contributed by atoms with Gasteiger partial charge in [-0.3, -0.25) is 19.6 Å². The molecule has 1 N–H and O–H groups in total. The molecule has 0 atom stereocenters. The van der Waals surface area contributed by atoms with Crippen LogP contribution >= 0.6 is 0 Å². The Hall–Kier alpha value is -3.54. The molecule has 0 saturated carbocycles. The van der Waals surface area contributed by atoms with E-state index in [1.165, 1.54) is 6.20 Å². The van der Waals surface area contributed by atoms with Crippen LogP contribution in [0, 0.1) is 0 Å². The summed E-state index contributed by atoms with van der Waals surface area (Å²) in [6.07, 6.45) is 5.70. The molecule has 4 rings (SSSR count). The smallest absolute Gasteiger partial charge is 0.270 e. The van der Waals surface area contributed by atoms with Crippen LogP contribution in [-0.4, -0.2) is 28.3 Å². The van der Waals surface area contributed by atoms with Crippen molar-refractivity contribution in [1.29, 1.82) is 0 Å². The van der Waals surface area contributed by atoms with Gasteiger partial charge in [-0.2, -0.15) is 0 Å². The third kappa shape index (κ3) is 3.55. The van der Waals surface area contributed by atoms with Crippen molar-refractivity contribution in [2.24, 2.45) is 0 Å². The van der Waals surface area contributed by atoms with Gasteiger partial charge in [-0.15, -0.1) is 0 Å². The highest BCUT2D eigenvalue weighted by atomic mass is 16.2. The van der Waals surface area contributed by atoms with E-state index >= 15 is 0 Å². The highest BCUT2D eigenvalue weighted by Gasteiger charge is 2.25. The van der Waals surface area contributed by atoms with Gasteiger partial charge in [0.1, 0.15) is 5.69 Å². The molecule has 2 amide bonds. The minimum Gasteiger partial charge on any atom is -0.347 e. The SMILES string of the molecule is O=C(NCc1cccnc1)c1cc(C(=O)N2CCc3ccccc32)ccn1. The van der Waals surface area contributed by atoms with E-state index in [1.807, 2.05) is 36.4 Å². The topological polar surface area (TPSA) is 75.2 Å². The first-order chi connectivity index (χ1) is 13.2. The van der Waals surface area contributed by atoms with Crippen LogP contribution < -0.4 is 10.2 Å². The maximum absolute atomic E-state index is 12.9. The van der Waals surface area contributed by atoms with Gasteiger partial charge in [0.15, 0.2) is 0 Å². The largest absolute Gasteiger partial charge is 0.347 e. The lowest BCUT2D eigenvalue weighted by molar-refractivity contribution is 0.0946. The molecule has 0 spiro atoms. The molecule has 0 bridgehead atoms. The summed E-state index contributed by atoms with van der Waals surface area (Å²) in [7, 11) is 0. The third-order valence-electron chi connectivity index (χ3n) is 4.55. The number of amides is 2. The summed E-state index contributed by atoms with van der Waals surface area (Å²) in [5.74, 6) is -0.445. The molecule has 3 heterocycles. The highest BCUT2D eigenvalue weighted by Crippen LogP contribution is 2.28. The second-order valence-electron chi connectivity index (χ2n) is 6.31. The van der Waals surface area contributed by atoms with E-state index in [4.69, 9.17) is 0 Å². The zero-order valence-corrected chi connectivity index (χ0v) is 14.6. The van der Waals surface area contributed by atoms with Crippen molar-refractivity contribution < 1.29 is 9.59 Å². The first-order valence-corrected chi connectivity index (χ1v) is 8.75. The van der Waals surface area contributed by atoms with E-state index in [9.17, 15) is 9.59 Å². The monoisotopic (exact) mass is 358 g/mol. The number of rotatable bonds is 4. The number of pyridine rings is 2. The van der Waals surface area contributed by atoms with Crippen LogP contribution in [0.4, 0.5) is 5.69 Å². The molecule has 0 saturated heterocycles. The van der Waals surface area contributed by atoms with Crippen LogP contribution in [0.25, 0.3) is 0 Å². The molecule has 2 aromatic heterocycles. The van der Waals surface area contributed by atoms with Gasteiger partial charge in [-0.05, 0) is 41.8 Å². The Labute approximate surface area is 156 Å². The van der Waals surface area contributed by atoms with Crippen LogP contribution in [0.1, 0.15) is 32.0 Å². The van der Waals surface area contributed by atoms with Crippen molar-refractivity contribution >= 4 is 17.5 Å². The van der Waals surface area contributed by atoms with E-state index in [-0.39, 0.29) is 17.5 Å². The fourth-order valence-corrected chi connectivity index (χ4v) is 3.17. The van der Waals surface area contributed by atoms with Gasteiger partial charge < -0.3 is 10.2 Å². The molecule has 1 aromatic carbocycles. The minimum atomic E-state index is -0.324. The molecular weight excluding hydrogens is 340 g/mol. The number of para-hydroxylation sites is 1. The molecule has 27 heavy (non-hydrogen) atoms. The summed E-state index contributed by atoms with van der Waals surface area (Å²) in [5.41, 5.74) is 3.66. The number of carbonyl (C=O) groups is 2. The van der Waals surface area contributed by atoms with Gasteiger partial charge in [0.25, 0.3) is 11.8 Å². The zero-order chi connectivity index (χ0) is 18.6. The van der Waals surface area contributed by atoms with Crippen molar-refractivity contribution in [2.45, 2.75) is 13.0 Å². The van der Waals surface area contributed by atoms with E-state index in [2.05, 4.69) is 15.3 Å². The fourth-order valence-electron chi connectivity index (χ4n) is 3.17. The average Bonchev–Trinajstić information content (AvgIpc) is 3.16. The van der Waals surface area contributed by atoms with Crippen LogP contribution in [0.5, 0.6) is 0 Å². The number of hydrogen-bond acceptors (Lipinski definition) is 4. The lowest BCUT2D eigenvalue weighted by Crippen LogP contribution is -2.29. The van der Waals surface area contributed by atoms with Gasteiger partial charge >= 0.3 is 0 Å². The maximum Gasteiger partial charge on any atom is 0.270 e. The zero-order valence-electron chi connectivity index (χ0n) is 14.6. The second-order valence-corrected chi connectivity index (χ2v) is 6.31. The standard InChI is InChI=1S/C21H18N4O2/c26-20(24-14-15-4-3-9-22-13-15)18-12-17(7-10-23-18)21(27)25-11-8-16-5-1-2-6-19(16)25/h1-7,9-10,12-13H,8,11,14H2,(H,24,26). The molecule has 134 valence electrons. The number of hydrogen-bond donors (Lipinski definition) is 1. The molecule has 1 aliphatic heterocycles. The van der Waals surface area contributed by atoms with Crippen molar-refractivity contribution in [3.63, 3.8) is 0 Å². The van der Waals surface area contributed by atoms with Crippen LogP contribution in [-0.2, 0) is 13.0 Å². The average molecular weight is 358 g/mol. The Kier molecular flexibility index (Phi) is 4.61. The normalized spacial score (nSPS) is 12.5. The first-order valence-electron chi connectivity index (χ1n) is 8.75. The molecule has 0 radical (unpaired) electrons. The van der Waals surface area contributed by atoms with Crippen molar-refractivity contribution in [1.82, 2.24) is 15.3 Å². The lowest BCUT2D eigenvalue weighted by Gasteiger charge is -2.17. The molecule has 6 nitrogen and oxygen atoms in total. The van der Waals surface area contributed by atoms with Crippen molar-refractivity contribution in [3.8, 4) is 0 Å². The van der Waals surface area contributed by atoms with Crippen LogP contribution in [0.2, 0.25) is 0 Å². The Morgan fingerprint density at radius 2 is 1.96 bits per heavy atom. The Balaban J connectivity index is 1.49. The molecule has 0 fully saturated rings. The number of fused-ring (bicyclic) bond motifs is 1. The number of carbonyl (C=O) groups excluding carboxylic acids is 2. The number of nitrogens with one attached hydrogen (secondary N) is 1. The molecule has 3 aromatic rings. The predicted octanol–water partition coefficient (Wildman–Crippen LogP) is 2.61. The van der Waals surface area contributed by atoms with E-state index in [0.29, 0.717) is 18.7 Å². The highest BCUT2D eigenvalue weighted by molar-refractivity contribution is 6.08. The van der Waals surface area contributed by atoms with E-state index in [0.717, 1.165) is 23.2 Å². The maximum atomic E-state index is 12.9. The van der Waals surface area contributed by atoms with Crippen LogP contribution in [0.15, 0.2) is 67.1 Å². The quantitative estimate of drug-likeness (QED) is 0.778. The Bertz CT molecular complexity index is 988. The van der Waals surface area contributed by atoms with Crippen LogP contribution in [0.3, 0.4) is 0 Å². The summed E-state index contributed by atoms with van der Waals surface area (Å²) in [4.78, 5) is 35.2. The summed E-state index contributed by atoms with van der Waals surface area (Å²) in [6, 6.07) is 14.8. The van der Waals surface area contributed by atoms with Crippen molar-refractivity contribution in [2.75, 3.05) is 11.4 Å². The van der Waals surface area contributed by atoms with Gasteiger partial charge in [0.05, 0.1) is 0 Å². The molecule has 0 unspecified atom stereocenters. The molecule has 1 aliphatic rings. The molecular formula is C21H18N4O2. The van der Waals surface area contributed by atoms with Gasteiger partial charge in [0, 0.05) is 42.9 Å². The Morgan fingerprint density at radius 3 is 2.81 bits per heavy atom. The molecule has 6 heteroatoms. The second kappa shape index (κ2) is 7.37. The predicted molar refractivity (Wildman–Crippen MR) is 101 cm³/mol. The third-order valence-corrected chi connectivity index (χ3v) is 4.55. The van der Waals surface area contributed by atoms with E-state index in [1.54, 1.807) is 29.4 Å². The van der Waals surface area contributed by atoms with Crippen molar-refractivity contribution in [3.05, 3.63) is 89.5 Å². The van der Waals surface area contributed by atoms with Gasteiger partial charge in [-0.25, -0.2) is 0 Å². The summed E-state index contributed by atoms with van der Waals surface area (Å²) in [6.45, 7) is 0.995. The number of aromatic nitrogens is 2. The van der Waals surface area contributed by atoms with Gasteiger partial charge in [0.2, 0.25) is 0 Å². The molecule has 0 aliphatic carbocycles. The number of anilines is 1. The summed E-state index contributed by atoms with van der Waals surface area (Å²) in [5, 5.41) is 2.80. The summed E-state index contributed by atoms with van der Waals surface area (Å²) < 4.78 is 0. The number of benzene rings is 1. The fraction of sp³-hybridized carbons (Fsp3) is 0.143. The lowest BCUT2D eigenvalue weighted by atomic mass is 10.1. The minimum absolute atomic E-state index is 0.122. The van der Waals surface area contributed by atoms with E-state index < -0.39 is 0 Å². The van der Waals surface area contributed by atoms with Gasteiger partial charge in [-0.1, -0.05) is 24.3 Å².